The van der Waals surface area contributed by atoms with Crippen molar-refractivity contribution in [2.75, 3.05) is 10.2 Å². The smallest absolute Gasteiger partial charge is 0.308 e. The molecule has 0 saturated heterocycles. The molecule has 5 rings (SSSR count). The zero-order chi connectivity index (χ0) is 25.4. The number of nitrogens with one attached hydrogen (secondary N) is 1. The van der Waals surface area contributed by atoms with Crippen molar-refractivity contribution >= 4 is 40.6 Å². The number of carbonyl (C=O) groups is 3. The van der Waals surface area contributed by atoms with Crippen LogP contribution >= 0.6 is 11.6 Å². The van der Waals surface area contributed by atoms with Crippen LogP contribution in [0.5, 0.6) is 5.75 Å². The van der Waals surface area contributed by atoms with Gasteiger partial charge >= 0.3 is 5.97 Å². The van der Waals surface area contributed by atoms with Gasteiger partial charge < -0.3 is 10.1 Å². The van der Waals surface area contributed by atoms with Gasteiger partial charge in [-0.25, -0.2) is 0 Å². The third kappa shape index (κ3) is 4.52. The van der Waals surface area contributed by atoms with Crippen LogP contribution in [0.1, 0.15) is 49.8 Å². The van der Waals surface area contributed by atoms with Crippen LogP contribution in [0.25, 0.3) is 0 Å². The SMILES string of the molecule is CC(=O)Oc1cccc([C@H]2C3=C(C[C@@H](c4ccc(Cl)cc4)CC3=O)Nc3ccccc3N2C(C)=O)c1. The Kier molecular flexibility index (Phi) is 6.37. The zero-order valence-corrected chi connectivity index (χ0v) is 20.7. The number of fused-ring (bicyclic) bond motifs is 1. The maximum absolute atomic E-state index is 13.9. The van der Waals surface area contributed by atoms with Crippen LogP contribution in [0.15, 0.2) is 84.1 Å². The third-order valence-electron chi connectivity index (χ3n) is 6.60. The van der Waals surface area contributed by atoms with Crippen molar-refractivity contribution in [1.82, 2.24) is 0 Å². The van der Waals surface area contributed by atoms with Crippen molar-refractivity contribution in [3.05, 3.63) is 100 Å². The molecule has 0 bridgehead atoms. The average Bonchev–Trinajstić information content (AvgIpc) is 2.99. The van der Waals surface area contributed by atoms with Gasteiger partial charge in [-0.1, -0.05) is 48.0 Å². The molecule has 0 aromatic heterocycles. The van der Waals surface area contributed by atoms with Crippen molar-refractivity contribution < 1.29 is 19.1 Å². The second kappa shape index (κ2) is 9.63. The molecule has 6 nitrogen and oxygen atoms in total. The largest absolute Gasteiger partial charge is 0.427 e. The molecule has 182 valence electrons. The Morgan fingerprint density at radius 3 is 2.42 bits per heavy atom. The lowest BCUT2D eigenvalue weighted by molar-refractivity contribution is -0.132. The molecule has 1 amide bonds. The van der Waals surface area contributed by atoms with E-state index in [0.717, 1.165) is 16.9 Å². The van der Waals surface area contributed by atoms with Crippen LogP contribution in [0, 0.1) is 0 Å². The lowest BCUT2D eigenvalue weighted by atomic mass is 9.78. The second-order valence-electron chi connectivity index (χ2n) is 9.07. The Hall–Kier alpha value is -3.90. The molecule has 0 radical (unpaired) electrons. The zero-order valence-electron chi connectivity index (χ0n) is 20.0. The quantitative estimate of drug-likeness (QED) is 0.343. The lowest BCUT2D eigenvalue weighted by Gasteiger charge is -2.34. The van der Waals surface area contributed by atoms with Crippen molar-refractivity contribution in [3.63, 3.8) is 0 Å². The van der Waals surface area contributed by atoms with E-state index in [1.165, 1.54) is 13.8 Å². The Labute approximate surface area is 214 Å². The van der Waals surface area contributed by atoms with Gasteiger partial charge in [-0.2, -0.15) is 0 Å². The molecular formula is C29H25ClN2O4. The van der Waals surface area contributed by atoms with E-state index < -0.39 is 12.0 Å². The number of amides is 1. The van der Waals surface area contributed by atoms with Gasteiger partial charge in [0, 0.05) is 36.6 Å². The number of benzene rings is 3. The van der Waals surface area contributed by atoms with Crippen LogP contribution in [-0.2, 0) is 14.4 Å². The number of halogens is 1. The van der Waals surface area contributed by atoms with E-state index in [-0.39, 0.29) is 17.6 Å². The van der Waals surface area contributed by atoms with E-state index in [1.807, 2.05) is 54.6 Å². The maximum Gasteiger partial charge on any atom is 0.308 e. The first-order valence-corrected chi connectivity index (χ1v) is 12.2. The summed E-state index contributed by atoms with van der Waals surface area (Å²) in [6.07, 6.45) is 0.910. The van der Waals surface area contributed by atoms with E-state index in [4.69, 9.17) is 16.3 Å². The van der Waals surface area contributed by atoms with Gasteiger partial charge in [0.25, 0.3) is 0 Å². The molecule has 0 saturated carbocycles. The molecular weight excluding hydrogens is 476 g/mol. The minimum absolute atomic E-state index is 0.0231. The average molecular weight is 501 g/mol. The molecule has 2 atom stereocenters. The molecule has 0 unspecified atom stereocenters. The molecule has 0 spiro atoms. The summed E-state index contributed by atoms with van der Waals surface area (Å²) in [4.78, 5) is 40.2. The number of para-hydroxylation sites is 2. The van der Waals surface area contributed by atoms with Gasteiger partial charge in [-0.05, 0) is 59.9 Å². The molecule has 3 aromatic carbocycles. The highest BCUT2D eigenvalue weighted by molar-refractivity contribution is 6.30. The number of ether oxygens (including phenoxy) is 1. The minimum atomic E-state index is -0.678. The van der Waals surface area contributed by atoms with Gasteiger partial charge in [-0.3, -0.25) is 19.3 Å². The number of allylic oxidation sites excluding steroid dienone is 1. The predicted molar refractivity (Wildman–Crippen MR) is 139 cm³/mol. The van der Waals surface area contributed by atoms with Gasteiger partial charge in [0.1, 0.15) is 5.75 Å². The topological polar surface area (TPSA) is 75.7 Å². The summed E-state index contributed by atoms with van der Waals surface area (Å²) >= 11 is 6.09. The highest BCUT2D eigenvalue weighted by atomic mass is 35.5. The third-order valence-corrected chi connectivity index (χ3v) is 6.86. The summed E-state index contributed by atoms with van der Waals surface area (Å²) in [5, 5.41) is 4.13. The van der Waals surface area contributed by atoms with Gasteiger partial charge in [0.05, 0.1) is 17.4 Å². The maximum atomic E-state index is 13.9. The standard InChI is InChI=1S/C29H25ClN2O4/c1-17(33)32-26-9-4-3-8-24(26)31-25-15-21(19-10-12-22(30)13-11-19)16-27(35)28(25)29(32)20-6-5-7-23(14-20)36-18(2)34/h3-14,21,29,31H,15-16H2,1-2H3/t21-,29+/m1/s1. The molecule has 2 aliphatic rings. The summed E-state index contributed by atoms with van der Waals surface area (Å²) in [5.74, 6) is -0.342. The van der Waals surface area contributed by atoms with E-state index in [0.29, 0.717) is 40.4 Å². The normalized spacial score (nSPS) is 19.1. The number of ketones is 1. The van der Waals surface area contributed by atoms with Crippen molar-refractivity contribution in [2.45, 2.75) is 38.6 Å². The van der Waals surface area contributed by atoms with E-state index in [1.54, 1.807) is 23.1 Å². The number of hydrogen-bond donors (Lipinski definition) is 1. The number of rotatable bonds is 3. The summed E-state index contributed by atoms with van der Waals surface area (Å²) in [6, 6.07) is 21.5. The molecule has 0 fully saturated rings. The fourth-order valence-electron chi connectivity index (χ4n) is 5.14. The van der Waals surface area contributed by atoms with Gasteiger partial charge in [0.15, 0.2) is 5.78 Å². The van der Waals surface area contributed by atoms with E-state index in [2.05, 4.69) is 5.32 Å². The second-order valence-corrected chi connectivity index (χ2v) is 9.51. The molecule has 1 aliphatic heterocycles. The first-order valence-electron chi connectivity index (χ1n) is 11.8. The number of hydrogen-bond acceptors (Lipinski definition) is 5. The monoisotopic (exact) mass is 500 g/mol. The molecule has 3 aromatic rings. The highest BCUT2D eigenvalue weighted by Crippen LogP contribution is 2.47. The number of anilines is 2. The van der Waals surface area contributed by atoms with Crippen molar-refractivity contribution in [2.24, 2.45) is 0 Å². The van der Waals surface area contributed by atoms with Gasteiger partial charge in [-0.15, -0.1) is 0 Å². The molecule has 7 heteroatoms. The number of nitrogens with zero attached hydrogens (tertiary/aromatic N) is 1. The van der Waals surface area contributed by atoms with Crippen LogP contribution in [0.3, 0.4) is 0 Å². The van der Waals surface area contributed by atoms with Gasteiger partial charge in [0.2, 0.25) is 5.91 Å². The molecule has 1 aliphatic carbocycles. The fourth-order valence-corrected chi connectivity index (χ4v) is 5.26. The van der Waals surface area contributed by atoms with Crippen molar-refractivity contribution in [3.8, 4) is 5.75 Å². The lowest BCUT2D eigenvalue weighted by Crippen LogP contribution is -2.37. The van der Waals surface area contributed by atoms with Crippen LogP contribution in [0.4, 0.5) is 11.4 Å². The molecule has 36 heavy (non-hydrogen) atoms. The number of Topliss-reactive ketones (excluding diaryl/α,β-unsaturated/α-hetero) is 1. The number of esters is 1. The Balaban J connectivity index is 1.68. The highest BCUT2D eigenvalue weighted by Gasteiger charge is 2.40. The predicted octanol–water partition coefficient (Wildman–Crippen LogP) is 6.19. The summed E-state index contributed by atoms with van der Waals surface area (Å²) in [5.41, 5.74) is 4.49. The molecule has 1 heterocycles. The Bertz CT molecular complexity index is 1400. The Morgan fingerprint density at radius 1 is 0.944 bits per heavy atom. The molecule has 1 N–H and O–H groups in total. The van der Waals surface area contributed by atoms with E-state index in [9.17, 15) is 14.4 Å². The van der Waals surface area contributed by atoms with Crippen molar-refractivity contribution in [1.29, 1.82) is 0 Å². The van der Waals surface area contributed by atoms with E-state index >= 15 is 0 Å². The summed E-state index contributed by atoms with van der Waals surface area (Å²) < 4.78 is 5.32. The van der Waals surface area contributed by atoms with Crippen LogP contribution < -0.4 is 15.0 Å². The summed E-state index contributed by atoms with van der Waals surface area (Å²) in [7, 11) is 0. The van der Waals surface area contributed by atoms with Crippen LogP contribution in [-0.4, -0.2) is 17.7 Å². The summed E-state index contributed by atoms with van der Waals surface area (Å²) in [6.45, 7) is 2.83. The first-order chi connectivity index (χ1) is 17.3. The first kappa shape index (κ1) is 23.8. The minimum Gasteiger partial charge on any atom is -0.427 e. The Morgan fingerprint density at radius 2 is 1.69 bits per heavy atom. The fraction of sp³-hybridized carbons (Fsp3) is 0.207. The van der Waals surface area contributed by atoms with Crippen LogP contribution in [0.2, 0.25) is 5.02 Å². The number of carbonyl (C=O) groups excluding carboxylic acids is 3.